The summed E-state index contributed by atoms with van der Waals surface area (Å²) in [6.45, 7) is 3.57. The van der Waals surface area contributed by atoms with Crippen LogP contribution in [-0.4, -0.2) is 30.4 Å². The molecule has 4 rings (SSSR count). The highest BCUT2D eigenvalue weighted by atomic mass is 35.5. The molecule has 8 nitrogen and oxygen atoms in total. The number of nitrogens with one attached hydrogen (secondary N) is 2. The highest BCUT2D eigenvalue weighted by Gasteiger charge is 2.37. The Bertz CT molecular complexity index is 1420. The van der Waals surface area contributed by atoms with E-state index in [1.165, 1.54) is 18.2 Å². The first-order chi connectivity index (χ1) is 17.2. The Hall–Kier alpha value is -4.43. The van der Waals surface area contributed by atoms with E-state index in [1.54, 1.807) is 36.4 Å². The van der Waals surface area contributed by atoms with Crippen LogP contribution in [-0.2, 0) is 14.4 Å². The molecule has 36 heavy (non-hydrogen) atoms. The topological polar surface area (TPSA) is 105 Å². The normalized spacial score (nSPS) is 14.6. The number of ether oxygens (including phenoxy) is 1. The number of aryl methyl sites for hydroxylation is 2. The number of urea groups is 1. The summed E-state index contributed by atoms with van der Waals surface area (Å²) in [4.78, 5) is 51.3. The largest absolute Gasteiger partial charge is 0.483 e. The van der Waals surface area contributed by atoms with Gasteiger partial charge in [0.15, 0.2) is 6.61 Å². The van der Waals surface area contributed by atoms with E-state index in [0.717, 1.165) is 16.0 Å². The number of benzene rings is 3. The van der Waals surface area contributed by atoms with Crippen LogP contribution in [0.5, 0.6) is 5.75 Å². The Morgan fingerprint density at radius 3 is 2.56 bits per heavy atom. The van der Waals surface area contributed by atoms with Crippen molar-refractivity contribution >= 4 is 52.8 Å². The van der Waals surface area contributed by atoms with Crippen LogP contribution in [0.25, 0.3) is 6.08 Å². The predicted octanol–water partition coefficient (Wildman–Crippen LogP) is 4.64. The van der Waals surface area contributed by atoms with Gasteiger partial charge in [-0.05, 0) is 55.8 Å². The molecule has 0 aliphatic carbocycles. The molecule has 9 heteroatoms. The highest BCUT2D eigenvalue weighted by molar-refractivity contribution is 6.39. The zero-order valence-corrected chi connectivity index (χ0v) is 20.3. The molecule has 0 saturated carbocycles. The van der Waals surface area contributed by atoms with Crippen LogP contribution in [0.1, 0.15) is 16.7 Å². The predicted molar refractivity (Wildman–Crippen MR) is 137 cm³/mol. The molecular weight excluding hydrogens is 482 g/mol. The molecule has 0 aromatic heterocycles. The van der Waals surface area contributed by atoms with Crippen LogP contribution >= 0.6 is 11.6 Å². The van der Waals surface area contributed by atoms with Gasteiger partial charge in [0.25, 0.3) is 17.7 Å². The Morgan fingerprint density at radius 1 is 1.03 bits per heavy atom. The fourth-order valence-corrected chi connectivity index (χ4v) is 3.86. The number of para-hydroxylation sites is 1. The molecule has 1 saturated heterocycles. The van der Waals surface area contributed by atoms with Crippen molar-refractivity contribution in [1.82, 2.24) is 5.32 Å². The number of amides is 5. The van der Waals surface area contributed by atoms with Gasteiger partial charge >= 0.3 is 6.03 Å². The van der Waals surface area contributed by atoms with Gasteiger partial charge in [0.1, 0.15) is 11.3 Å². The maximum absolute atomic E-state index is 13.1. The maximum Gasteiger partial charge on any atom is 0.335 e. The number of hydrogen-bond acceptors (Lipinski definition) is 5. The lowest BCUT2D eigenvalue weighted by Gasteiger charge is -2.26. The Kier molecular flexibility index (Phi) is 7.17. The summed E-state index contributed by atoms with van der Waals surface area (Å²) in [6, 6.07) is 17.6. The third kappa shape index (κ3) is 5.45. The molecule has 0 bridgehead atoms. The van der Waals surface area contributed by atoms with Gasteiger partial charge in [-0.25, -0.2) is 9.69 Å². The van der Waals surface area contributed by atoms with Crippen molar-refractivity contribution in [2.45, 2.75) is 13.8 Å². The average Bonchev–Trinajstić information content (AvgIpc) is 2.83. The van der Waals surface area contributed by atoms with Crippen LogP contribution in [0.15, 0.2) is 72.3 Å². The van der Waals surface area contributed by atoms with Gasteiger partial charge < -0.3 is 10.1 Å². The molecule has 0 atom stereocenters. The summed E-state index contributed by atoms with van der Waals surface area (Å²) in [6.07, 6.45) is 1.32. The summed E-state index contributed by atoms with van der Waals surface area (Å²) < 4.78 is 5.70. The Labute approximate surface area is 212 Å². The van der Waals surface area contributed by atoms with Gasteiger partial charge in [-0.3, -0.25) is 19.7 Å². The van der Waals surface area contributed by atoms with Crippen LogP contribution < -0.4 is 20.3 Å². The van der Waals surface area contributed by atoms with E-state index < -0.39 is 17.8 Å². The molecule has 182 valence electrons. The number of hydrogen-bond donors (Lipinski definition) is 2. The number of barbiturate groups is 1. The zero-order valence-electron chi connectivity index (χ0n) is 19.5. The molecule has 1 fully saturated rings. The van der Waals surface area contributed by atoms with E-state index in [1.807, 2.05) is 32.0 Å². The third-order valence-corrected chi connectivity index (χ3v) is 5.64. The summed E-state index contributed by atoms with van der Waals surface area (Å²) in [7, 11) is 0. The molecule has 1 aliphatic rings. The minimum absolute atomic E-state index is 0.219. The molecule has 3 aromatic carbocycles. The smallest absolute Gasteiger partial charge is 0.335 e. The van der Waals surface area contributed by atoms with E-state index in [-0.39, 0.29) is 29.5 Å². The van der Waals surface area contributed by atoms with Crippen molar-refractivity contribution in [3.63, 3.8) is 0 Å². The number of anilines is 2. The van der Waals surface area contributed by atoms with Gasteiger partial charge in [-0.15, -0.1) is 0 Å². The molecule has 2 N–H and O–H groups in total. The van der Waals surface area contributed by atoms with Crippen LogP contribution in [0, 0.1) is 13.8 Å². The molecule has 1 heterocycles. The second-order valence-electron chi connectivity index (χ2n) is 8.13. The van der Waals surface area contributed by atoms with Gasteiger partial charge in [-0.1, -0.05) is 53.6 Å². The van der Waals surface area contributed by atoms with E-state index in [2.05, 4.69) is 10.6 Å². The lowest BCUT2D eigenvalue weighted by atomic mass is 10.1. The number of rotatable bonds is 6. The fourth-order valence-electron chi connectivity index (χ4n) is 3.68. The van der Waals surface area contributed by atoms with E-state index in [4.69, 9.17) is 16.3 Å². The van der Waals surface area contributed by atoms with Crippen LogP contribution in [0.3, 0.4) is 0 Å². The molecule has 0 spiro atoms. The third-order valence-electron chi connectivity index (χ3n) is 5.40. The summed E-state index contributed by atoms with van der Waals surface area (Å²) in [5.74, 6) is -1.74. The van der Waals surface area contributed by atoms with E-state index in [9.17, 15) is 19.2 Å². The maximum atomic E-state index is 13.1. The number of imide groups is 2. The lowest BCUT2D eigenvalue weighted by Crippen LogP contribution is -2.54. The second kappa shape index (κ2) is 10.5. The number of carbonyl (C=O) groups is 4. The summed E-state index contributed by atoms with van der Waals surface area (Å²) >= 11 is 6.00. The Balaban J connectivity index is 1.54. The number of halogens is 1. The van der Waals surface area contributed by atoms with Gasteiger partial charge in [0.05, 0.1) is 5.69 Å². The molecule has 0 radical (unpaired) electrons. The first kappa shape index (κ1) is 24.7. The van der Waals surface area contributed by atoms with Crippen molar-refractivity contribution in [3.8, 4) is 5.75 Å². The number of carbonyl (C=O) groups excluding carboxylic acids is 4. The van der Waals surface area contributed by atoms with Gasteiger partial charge in [-0.2, -0.15) is 0 Å². The van der Waals surface area contributed by atoms with Crippen molar-refractivity contribution in [1.29, 1.82) is 0 Å². The average molecular weight is 504 g/mol. The number of nitrogens with zero attached hydrogens (tertiary/aromatic N) is 1. The molecule has 5 amide bonds. The van der Waals surface area contributed by atoms with Crippen molar-refractivity contribution in [2.75, 3.05) is 16.8 Å². The first-order valence-corrected chi connectivity index (χ1v) is 11.4. The Morgan fingerprint density at radius 2 is 1.81 bits per heavy atom. The zero-order chi connectivity index (χ0) is 25.8. The van der Waals surface area contributed by atoms with Crippen LogP contribution in [0.4, 0.5) is 16.2 Å². The summed E-state index contributed by atoms with van der Waals surface area (Å²) in [5, 5.41) is 5.30. The van der Waals surface area contributed by atoms with Gasteiger partial charge in [0, 0.05) is 16.3 Å². The second-order valence-corrected chi connectivity index (χ2v) is 8.57. The highest BCUT2D eigenvalue weighted by Crippen LogP contribution is 2.27. The van der Waals surface area contributed by atoms with Crippen molar-refractivity contribution in [2.24, 2.45) is 0 Å². The minimum atomic E-state index is -0.878. The fraction of sp³-hybridized carbons (Fsp3) is 0.111. The minimum Gasteiger partial charge on any atom is -0.483 e. The quantitative estimate of drug-likeness (QED) is 0.376. The van der Waals surface area contributed by atoms with Gasteiger partial charge in [0.2, 0.25) is 0 Å². The molecule has 3 aromatic rings. The van der Waals surface area contributed by atoms with Crippen LogP contribution in [0.2, 0.25) is 5.02 Å². The van der Waals surface area contributed by atoms with E-state index in [0.29, 0.717) is 16.3 Å². The SMILES string of the molecule is Cc1ccc(NC(=O)COc2ccccc2/C=C2\C(=O)NC(=O)N(c3cccc(Cl)c3)C2=O)c(C)c1. The lowest BCUT2D eigenvalue weighted by molar-refractivity contribution is -0.122. The van der Waals surface area contributed by atoms with Crippen molar-refractivity contribution in [3.05, 3.63) is 94.0 Å². The monoisotopic (exact) mass is 503 g/mol. The molecule has 1 aliphatic heterocycles. The van der Waals surface area contributed by atoms with E-state index >= 15 is 0 Å². The first-order valence-electron chi connectivity index (χ1n) is 11.0. The molecule has 0 unspecified atom stereocenters. The molecular formula is C27H22ClN3O5. The van der Waals surface area contributed by atoms with Crippen molar-refractivity contribution < 1.29 is 23.9 Å². The summed E-state index contributed by atoms with van der Waals surface area (Å²) in [5.41, 5.74) is 3.02. The standard InChI is InChI=1S/C27H22ClN3O5/c1-16-10-11-22(17(2)12-16)29-24(32)15-36-23-9-4-3-6-18(23)13-21-25(33)30-27(35)31(26(21)34)20-8-5-7-19(28)14-20/h3-14H,15H2,1-2H3,(H,29,32)(H,30,33,35)/b21-13+.